The molecule has 1 aromatic heterocycles. The van der Waals surface area contributed by atoms with Crippen LogP contribution in [0.4, 0.5) is 8.78 Å². The zero-order chi connectivity index (χ0) is 14.0. The Morgan fingerprint density at radius 2 is 2.11 bits per heavy atom. The predicted molar refractivity (Wildman–Crippen MR) is 79.2 cm³/mol. The predicted octanol–water partition coefficient (Wildman–Crippen LogP) is 5.83. The molecule has 5 heteroatoms. The van der Waals surface area contributed by atoms with Gasteiger partial charge in [0.1, 0.15) is 16.3 Å². The van der Waals surface area contributed by atoms with Crippen LogP contribution in [0.15, 0.2) is 45.0 Å². The molecule has 102 valence electrons. The van der Waals surface area contributed by atoms with E-state index in [4.69, 9.17) is 0 Å². The van der Waals surface area contributed by atoms with Crippen LogP contribution in [0, 0.1) is 5.92 Å². The molecular formula is C14H13Br2F2N. The first-order valence-electron chi connectivity index (χ1n) is 6.01. The van der Waals surface area contributed by atoms with Crippen molar-refractivity contribution in [2.24, 2.45) is 5.92 Å². The zero-order valence-corrected chi connectivity index (χ0v) is 13.5. The molecule has 0 aromatic carbocycles. The number of halogens is 4. The quantitative estimate of drug-likeness (QED) is 0.590. The second-order valence-electron chi connectivity index (χ2n) is 4.74. The van der Waals surface area contributed by atoms with Gasteiger partial charge in [0.15, 0.2) is 0 Å². The van der Waals surface area contributed by atoms with Gasteiger partial charge in [-0.05, 0) is 62.4 Å². The third-order valence-corrected chi connectivity index (χ3v) is 4.22. The molecule has 19 heavy (non-hydrogen) atoms. The van der Waals surface area contributed by atoms with E-state index >= 15 is 0 Å². The van der Waals surface area contributed by atoms with E-state index in [1.54, 1.807) is 0 Å². The molecule has 1 aromatic rings. The van der Waals surface area contributed by atoms with Crippen molar-refractivity contribution in [3.63, 3.8) is 0 Å². The van der Waals surface area contributed by atoms with Crippen LogP contribution in [-0.4, -0.2) is 4.98 Å². The van der Waals surface area contributed by atoms with Crippen LogP contribution in [0.2, 0.25) is 0 Å². The minimum Gasteiger partial charge on any atom is -0.244 e. The topological polar surface area (TPSA) is 12.9 Å². The molecule has 2 atom stereocenters. The molecule has 0 fully saturated rings. The number of allylic oxidation sites excluding steroid dienone is 4. The number of hydrogen-bond acceptors (Lipinski definition) is 1. The van der Waals surface area contributed by atoms with Gasteiger partial charge in [-0.2, -0.15) is 0 Å². The van der Waals surface area contributed by atoms with Crippen LogP contribution in [0.5, 0.6) is 0 Å². The molecular weight excluding hydrogens is 380 g/mol. The Labute approximate surface area is 128 Å². The molecule has 1 aliphatic rings. The lowest BCUT2D eigenvalue weighted by Gasteiger charge is -2.20. The molecule has 2 unspecified atom stereocenters. The minimum absolute atomic E-state index is 0.117. The SMILES string of the molecule is CC(CC1C=C(F)C=C(F)C1)c1nc(Br)ccc1Br. The molecule has 1 aliphatic carbocycles. The average molecular weight is 393 g/mol. The first-order valence-corrected chi connectivity index (χ1v) is 7.59. The van der Waals surface area contributed by atoms with E-state index < -0.39 is 11.7 Å². The van der Waals surface area contributed by atoms with Crippen LogP contribution < -0.4 is 0 Å². The van der Waals surface area contributed by atoms with Gasteiger partial charge in [0.25, 0.3) is 0 Å². The van der Waals surface area contributed by atoms with E-state index in [1.165, 1.54) is 6.08 Å². The molecule has 0 amide bonds. The molecule has 0 aliphatic heterocycles. The minimum atomic E-state index is -0.484. The molecule has 0 bridgehead atoms. The Morgan fingerprint density at radius 3 is 2.79 bits per heavy atom. The Balaban J connectivity index is 2.11. The number of aromatic nitrogens is 1. The van der Waals surface area contributed by atoms with Gasteiger partial charge in [-0.3, -0.25) is 0 Å². The maximum absolute atomic E-state index is 13.2. The zero-order valence-electron chi connectivity index (χ0n) is 10.3. The highest BCUT2D eigenvalue weighted by atomic mass is 79.9. The van der Waals surface area contributed by atoms with Crippen molar-refractivity contribution >= 4 is 31.9 Å². The second-order valence-corrected chi connectivity index (χ2v) is 6.41. The Morgan fingerprint density at radius 1 is 1.37 bits per heavy atom. The molecule has 0 spiro atoms. The molecule has 0 saturated carbocycles. The summed E-state index contributed by atoms with van der Waals surface area (Å²) in [5.41, 5.74) is 0.901. The van der Waals surface area contributed by atoms with Gasteiger partial charge in [0, 0.05) is 22.9 Å². The maximum Gasteiger partial charge on any atom is 0.122 e. The highest BCUT2D eigenvalue weighted by Gasteiger charge is 2.21. The summed E-state index contributed by atoms with van der Waals surface area (Å²) in [6.45, 7) is 2.02. The number of nitrogens with zero attached hydrogens (tertiary/aromatic N) is 1. The van der Waals surface area contributed by atoms with Crippen LogP contribution in [0.3, 0.4) is 0 Å². The monoisotopic (exact) mass is 391 g/mol. The smallest absolute Gasteiger partial charge is 0.122 e. The Bertz CT molecular complexity index is 540. The summed E-state index contributed by atoms with van der Waals surface area (Å²) in [4.78, 5) is 4.42. The maximum atomic E-state index is 13.2. The fourth-order valence-electron chi connectivity index (χ4n) is 2.29. The Hall–Kier alpha value is -0.550. The highest BCUT2D eigenvalue weighted by Crippen LogP contribution is 2.34. The van der Waals surface area contributed by atoms with E-state index in [1.807, 2.05) is 19.1 Å². The first-order chi connectivity index (χ1) is 8.95. The molecule has 0 radical (unpaired) electrons. The average Bonchev–Trinajstić information content (AvgIpc) is 2.30. The van der Waals surface area contributed by atoms with Crippen LogP contribution in [0.1, 0.15) is 31.4 Å². The summed E-state index contributed by atoms with van der Waals surface area (Å²) in [5.74, 6) is -0.875. The van der Waals surface area contributed by atoms with Crippen LogP contribution >= 0.6 is 31.9 Å². The molecule has 0 saturated heterocycles. The summed E-state index contributed by atoms with van der Waals surface area (Å²) < 4.78 is 28.1. The van der Waals surface area contributed by atoms with E-state index in [9.17, 15) is 8.78 Å². The standard InChI is InChI=1S/C14H13Br2F2N/c1-8(14-12(15)2-3-13(16)19-14)4-9-5-10(17)7-11(18)6-9/h2-3,5,7-9H,4,6H2,1H3. The van der Waals surface area contributed by atoms with E-state index in [0.29, 0.717) is 6.42 Å². The van der Waals surface area contributed by atoms with Gasteiger partial charge in [-0.15, -0.1) is 0 Å². The van der Waals surface area contributed by atoms with Crippen molar-refractivity contribution in [1.29, 1.82) is 0 Å². The van der Waals surface area contributed by atoms with Crippen LogP contribution in [0.25, 0.3) is 0 Å². The van der Waals surface area contributed by atoms with Gasteiger partial charge < -0.3 is 0 Å². The highest BCUT2D eigenvalue weighted by molar-refractivity contribution is 9.11. The summed E-state index contributed by atoms with van der Waals surface area (Å²) in [6, 6.07) is 3.77. The third kappa shape index (κ3) is 3.96. The summed E-state index contributed by atoms with van der Waals surface area (Å²) in [5, 5.41) is 0. The molecule has 0 N–H and O–H groups in total. The summed E-state index contributed by atoms with van der Waals surface area (Å²) >= 11 is 6.80. The van der Waals surface area contributed by atoms with Gasteiger partial charge in [-0.25, -0.2) is 13.8 Å². The lowest BCUT2D eigenvalue weighted by atomic mass is 9.88. The molecule has 1 nitrogen and oxygen atoms in total. The van der Waals surface area contributed by atoms with Gasteiger partial charge in [0.05, 0.1) is 5.69 Å². The van der Waals surface area contributed by atoms with Gasteiger partial charge >= 0.3 is 0 Å². The fourth-order valence-corrected chi connectivity index (χ4v) is 3.22. The van der Waals surface area contributed by atoms with Crippen molar-refractivity contribution in [2.75, 3.05) is 0 Å². The largest absolute Gasteiger partial charge is 0.244 e. The third-order valence-electron chi connectivity index (χ3n) is 3.11. The number of hydrogen-bond donors (Lipinski definition) is 0. The van der Waals surface area contributed by atoms with Crippen molar-refractivity contribution in [3.05, 3.63) is 50.7 Å². The van der Waals surface area contributed by atoms with Gasteiger partial charge in [-0.1, -0.05) is 6.92 Å². The Kier molecular flexibility index (Phi) is 4.90. The van der Waals surface area contributed by atoms with Gasteiger partial charge in [0.2, 0.25) is 0 Å². The van der Waals surface area contributed by atoms with Crippen molar-refractivity contribution in [3.8, 4) is 0 Å². The first kappa shape index (κ1) is 14.9. The summed E-state index contributed by atoms with van der Waals surface area (Å²) in [6.07, 6.45) is 3.38. The van der Waals surface area contributed by atoms with E-state index in [0.717, 1.165) is 20.8 Å². The number of pyridine rings is 1. The molecule has 1 heterocycles. The lowest BCUT2D eigenvalue weighted by molar-refractivity contribution is 0.444. The van der Waals surface area contributed by atoms with E-state index in [2.05, 4.69) is 36.8 Å². The second kappa shape index (κ2) is 6.27. The van der Waals surface area contributed by atoms with E-state index in [-0.39, 0.29) is 18.3 Å². The van der Waals surface area contributed by atoms with Crippen LogP contribution in [-0.2, 0) is 0 Å². The summed E-state index contributed by atoms with van der Waals surface area (Å²) in [7, 11) is 0. The molecule has 2 rings (SSSR count). The lowest BCUT2D eigenvalue weighted by Crippen LogP contribution is -2.08. The normalized spacial score (nSPS) is 20.8. The van der Waals surface area contributed by atoms with Crippen molar-refractivity contribution in [2.45, 2.75) is 25.7 Å². The van der Waals surface area contributed by atoms with Crippen molar-refractivity contribution < 1.29 is 8.78 Å². The van der Waals surface area contributed by atoms with Crippen molar-refractivity contribution in [1.82, 2.24) is 4.98 Å². The fraction of sp³-hybridized carbons (Fsp3) is 0.357. The number of rotatable bonds is 3.